The molecule has 0 spiro atoms. The minimum atomic E-state index is 0.0632. The van der Waals surface area contributed by atoms with E-state index in [-0.39, 0.29) is 5.91 Å². The lowest BCUT2D eigenvalue weighted by molar-refractivity contribution is -0.121. The first-order chi connectivity index (χ1) is 8.66. The number of nitrogens with zero attached hydrogens (tertiary/aromatic N) is 2. The molecule has 6 heteroatoms. The Kier molecular flexibility index (Phi) is 4.22. The van der Waals surface area contributed by atoms with E-state index in [1.807, 2.05) is 12.1 Å². The maximum atomic E-state index is 11.5. The van der Waals surface area contributed by atoms with E-state index in [0.717, 1.165) is 25.1 Å². The number of amides is 1. The first-order valence-corrected chi connectivity index (χ1v) is 6.30. The first-order valence-electron chi connectivity index (χ1n) is 5.89. The first kappa shape index (κ1) is 12.9. The zero-order valence-electron chi connectivity index (χ0n) is 10.1. The van der Waals surface area contributed by atoms with Crippen LogP contribution in [0.5, 0.6) is 0 Å². The SMILES string of the molecule is NC(=S)c1ncccc1CN1CCCNC(=O)C1. The smallest absolute Gasteiger partial charge is 0.234 e. The van der Waals surface area contributed by atoms with Crippen LogP contribution in [-0.2, 0) is 11.3 Å². The third kappa shape index (κ3) is 3.24. The molecule has 0 aromatic carbocycles. The lowest BCUT2D eigenvalue weighted by Crippen LogP contribution is -2.33. The van der Waals surface area contributed by atoms with Crippen LogP contribution in [0.2, 0.25) is 0 Å². The number of aromatic nitrogens is 1. The standard InChI is InChI=1S/C12H16N4OS/c13-12(18)11-9(3-1-4-15-11)7-16-6-2-5-14-10(17)8-16/h1,3-4H,2,5-8H2,(H2,13,18)(H,14,17). The molecule has 1 aromatic rings. The number of pyridine rings is 1. The number of nitrogens with two attached hydrogens (primary N) is 1. The van der Waals surface area contributed by atoms with Gasteiger partial charge in [-0.2, -0.15) is 0 Å². The van der Waals surface area contributed by atoms with Gasteiger partial charge in [-0.05, 0) is 18.1 Å². The van der Waals surface area contributed by atoms with E-state index in [2.05, 4.69) is 15.2 Å². The summed E-state index contributed by atoms with van der Waals surface area (Å²) in [5.74, 6) is 0.0632. The highest BCUT2D eigenvalue weighted by atomic mass is 32.1. The van der Waals surface area contributed by atoms with Crippen molar-refractivity contribution in [3.63, 3.8) is 0 Å². The zero-order chi connectivity index (χ0) is 13.0. The van der Waals surface area contributed by atoms with Gasteiger partial charge in [0.2, 0.25) is 5.91 Å². The molecular weight excluding hydrogens is 248 g/mol. The monoisotopic (exact) mass is 264 g/mol. The molecule has 0 radical (unpaired) electrons. The molecule has 1 amide bonds. The van der Waals surface area contributed by atoms with Gasteiger partial charge in [-0.25, -0.2) is 0 Å². The van der Waals surface area contributed by atoms with Crippen LogP contribution < -0.4 is 11.1 Å². The van der Waals surface area contributed by atoms with E-state index in [1.165, 1.54) is 0 Å². The summed E-state index contributed by atoms with van der Waals surface area (Å²) in [4.78, 5) is 18.1. The summed E-state index contributed by atoms with van der Waals surface area (Å²) in [6, 6.07) is 3.80. The molecule has 0 aliphatic carbocycles. The summed E-state index contributed by atoms with van der Waals surface area (Å²) < 4.78 is 0. The highest BCUT2D eigenvalue weighted by molar-refractivity contribution is 7.80. The van der Waals surface area contributed by atoms with Crippen LogP contribution in [0.4, 0.5) is 0 Å². The van der Waals surface area contributed by atoms with Gasteiger partial charge in [-0.15, -0.1) is 0 Å². The molecule has 1 fully saturated rings. The van der Waals surface area contributed by atoms with E-state index in [4.69, 9.17) is 18.0 Å². The summed E-state index contributed by atoms with van der Waals surface area (Å²) in [6.45, 7) is 2.68. The summed E-state index contributed by atoms with van der Waals surface area (Å²) in [5.41, 5.74) is 7.27. The van der Waals surface area contributed by atoms with Gasteiger partial charge in [0.05, 0.1) is 6.54 Å². The van der Waals surface area contributed by atoms with Crippen molar-refractivity contribution in [1.29, 1.82) is 0 Å². The Morgan fingerprint density at radius 3 is 3.22 bits per heavy atom. The molecule has 2 heterocycles. The van der Waals surface area contributed by atoms with Gasteiger partial charge in [0.15, 0.2) is 0 Å². The van der Waals surface area contributed by atoms with Crippen LogP contribution in [0, 0.1) is 0 Å². The normalized spacial score (nSPS) is 17.0. The van der Waals surface area contributed by atoms with Crippen molar-refractivity contribution < 1.29 is 4.79 Å². The van der Waals surface area contributed by atoms with E-state index in [0.29, 0.717) is 23.8 Å². The van der Waals surface area contributed by atoms with E-state index in [1.54, 1.807) is 6.20 Å². The maximum Gasteiger partial charge on any atom is 0.234 e. The fourth-order valence-corrected chi connectivity index (χ4v) is 2.22. The Morgan fingerprint density at radius 1 is 1.61 bits per heavy atom. The lowest BCUT2D eigenvalue weighted by Gasteiger charge is -2.19. The van der Waals surface area contributed by atoms with Crippen LogP contribution in [0.1, 0.15) is 17.7 Å². The van der Waals surface area contributed by atoms with Crippen molar-refractivity contribution in [1.82, 2.24) is 15.2 Å². The van der Waals surface area contributed by atoms with Crippen molar-refractivity contribution in [2.24, 2.45) is 5.73 Å². The van der Waals surface area contributed by atoms with Gasteiger partial charge < -0.3 is 11.1 Å². The van der Waals surface area contributed by atoms with Gasteiger partial charge in [-0.1, -0.05) is 18.3 Å². The molecule has 18 heavy (non-hydrogen) atoms. The largest absolute Gasteiger partial charge is 0.388 e. The summed E-state index contributed by atoms with van der Waals surface area (Å²) >= 11 is 4.98. The predicted octanol–water partition coefficient (Wildman–Crippen LogP) is 0.0377. The number of rotatable bonds is 3. The Labute approximate surface area is 111 Å². The second kappa shape index (κ2) is 5.88. The third-order valence-corrected chi connectivity index (χ3v) is 3.05. The van der Waals surface area contributed by atoms with Crippen LogP contribution in [0.25, 0.3) is 0 Å². The minimum absolute atomic E-state index is 0.0632. The average molecular weight is 264 g/mol. The molecule has 1 aliphatic rings. The number of carbonyl (C=O) groups excluding carboxylic acids is 1. The van der Waals surface area contributed by atoms with Crippen molar-refractivity contribution >= 4 is 23.1 Å². The second-order valence-electron chi connectivity index (χ2n) is 4.29. The summed E-state index contributed by atoms with van der Waals surface area (Å²) in [6.07, 6.45) is 2.63. The van der Waals surface area contributed by atoms with Crippen molar-refractivity contribution in [3.05, 3.63) is 29.6 Å². The van der Waals surface area contributed by atoms with Gasteiger partial charge >= 0.3 is 0 Å². The van der Waals surface area contributed by atoms with Gasteiger partial charge in [0.25, 0.3) is 0 Å². The Hall–Kier alpha value is -1.53. The third-order valence-electron chi connectivity index (χ3n) is 2.86. The highest BCUT2D eigenvalue weighted by Crippen LogP contribution is 2.10. The molecule has 3 N–H and O–H groups in total. The fourth-order valence-electron chi connectivity index (χ4n) is 2.03. The molecule has 0 saturated carbocycles. The average Bonchev–Trinajstić information content (AvgIpc) is 2.54. The molecule has 0 unspecified atom stereocenters. The van der Waals surface area contributed by atoms with Crippen LogP contribution in [-0.4, -0.2) is 40.4 Å². The molecule has 96 valence electrons. The second-order valence-corrected chi connectivity index (χ2v) is 4.73. The van der Waals surface area contributed by atoms with Gasteiger partial charge in [-0.3, -0.25) is 14.7 Å². The highest BCUT2D eigenvalue weighted by Gasteiger charge is 2.16. The quantitative estimate of drug-likeness (QED) is 0.754. The number of hydrogen-bond acceptors (Lipinski definition) is 4. The topological polar surface area (TPSA) is 71.2 Å². The predicted molar refractivity (Wildman–Crippen MR) is 73.0 cm³/mol. The lowest BCUT2D eigenvalue weighted by atomic mass is 10.1. The Morgan fingerprint density at radius 2 is 2.44 bits per heavy atom. The molecule has 1 aromatic heterocycles. The maximum absolute atomic E-state index is 11.5. The van der Waals surface area contributed by atoms with Gasteiger partial charge in [0.1, 0.15) is 10.7 Å². The Balaban J connectivity index is 2.13. The Bertz CT molecular complexity index is 463. The molecular formula is C12H16N4OS. The fraction of sp³-hybridized carbons (Fsp3) is 0.417. The molecule has 2 rings (SSSR count). The van der Waals surface area contributed by atoms with Crippen molar-refractivity contribution in [2.75, 3.05) is 19.6 Å². The minimum Gasteiger partial charge on any atom is -0.388 e. The molecule has 0 atom stereocenters. The molecule has 5 nitrogen and oxygen atoms in total. The summed E-state index contributed by atoms with van der Waals surface area (Å²) in [7, 11) is 0. The van der Waals surface area contributed by atoms with E-state index >= 15 is 0 Å². The van der Waals surface area contributed by atoms with Crippen LogP contribution >= 0.6 is 12.2 Å². The summed E-state index contributed by atoms with van der Waals surface area (Å²) in [5, 5.41) is 2.85. The van der Waals surface area contributed by atoms with E-state index in [9.17, 15) is 4.79 Å². The van der Waals surface area contributed by atoms with Crippen molar-refractivity contribution in [3.8, 4) is 0 Å². The molecule has 1 aliphatic heterocycles. The number of thiocarbonyl (C=S) groups is 1. The van der Waals surface area contributed by atoms with Crippen molar-refractivity contribution in [2.45, 2.75) is 13.0 Å². The van der Waals surface area contributed by atoms with Crippen LogP contribution in [0.15, 0.2) is 18.3 Å². The van der Waals surface area contributed by atoms with Gasteiger partial charge in [0, 0.05) is 25.8 Å². The zero-order valence-corrected chi connectivity index (χ0v) is 10.9. The van der Waals surface area contributed by atoms with Crippen LogP contribution in [0.3, 0.4) is 0 Å². The number of nitrogens with one attached hydrogen (secondary N) is 1. The molecule has 0 bridgehead atoms. The number of hydrogen-bond donors (Lipinski definition) is 2. The molecule has 1 saturated heterocycles. The van der Waals surface area contributed by atoms with E-state index < -0.39 is 0 Å². The number of carbonyl (C=O) groups is 1.